The number of rotatable bonds is 8. The topological polar surface area (TPSA) is 89.7 Å². The maximum absolute atomic E-state index is 14.0. The minimum atomic E-state index is -3.37. The van der Waals surface area contributed by atoms with Gasteiger partial charge in [0.2, 0.25) is 5.91 Å². The Hall–Kier alpha value is -1.65. The van der Waals surface area contributed by atoms with Gasteiger partial charge in [0.15, 0.2) is 21.5 Å². The molecule has 1 aromatic carbocycles. The van der Waals surface area contributed by atoms with E-state index in [-0.39, 0.29) is 59.9 Å². The van der Waals surface area contributed by atoms with Crippen LogP contribution < -0.4 is 5.73 Å². The lowest BCUT2D eigenvalue weighted by atomic mass is 9.82. The highest BCUT2D eigenvalue weighted by molar-refractivity contribution is 7.91. The van der Waals surface area contributed by atoms with Gasteiger partial charge in [-0.25, -0.2) is 21.6 Å². The van der Waals surface area contributed by atoms with E-state index in [4.69, 9.17) is 10.5 Å². The second-order valence-corrected chi connectivity index (χ2v) is 11.9. The average Bonchev–Trinajstić information content (AvgIpc) is 3.35. The molecule has 5 atom stereocenters. The van der Waals surface area contributed by atoms with Crippen LogP contribution >= 0.6 is 0 Å². The summed E-state index contributed by atoms with van der Waals surface area (Å²) in [5.41, 5.74) is 6.37. The molecule has 2 bridgehead atoms. The fraction of sp³-hybridized carbons (Fsp3) is 0.696. The van der Waals surface area contributed by atoms with Gasteiger partial charge in [0.1, 0.15) is 5.82 Å². The number of hydrogen-bond acceptors (Lipinski definition) is 5. The summed E-state index contributed by atoms with van der Waals surface area (Å²) in [6.07, 6.45) is 4.29. The summed E-state index contributed by atoms with van der Waals surface area (Å²) >= 11 is 0. The van der Waals surface area contributed by atoms with E-state index in [2.05, 4.69) is 0 Å². The van der Waals surface area contributed by atoms with Crippen LogP contribution in [0.15, 0.2) is 12.1 Å². The maximum atomic E-state index is 14.0. The summed E-state index contributed by atoms with van der Waals surface area (Å²) in [6, 6.07) is 0.895. The molecule has 6 nitrogen and oxygen atoms in total. The molecule has 0 aliphatic carbocycles. The summed E-state index contributed by atoms with van der Waals surface area (Å²) in [5.74, 6) is -3.51. The van der Waals surface area contributed by atoms with E-state index in [9.17, 15) is 26.4 Å². The molecule has 184 valence electrons. The fourth-order valence-corrected chi connectivity index (χ4v) is 7.11. The van der Waals surface area contributed by atoms with Crippen LogP contribution in [-0.2, 0) is 25.8 Å². The molecule has 4 rings (SSSR count). The molecular formula is C23H31F3N2O4S. The molecule has 33 heavy (non-hydrogen) atoms. The summed E-state index contributed by atoms with van der Waals surface area (Å²) < 4.78 is 70.9. The summed E-state index contributed by atoms with van der Waals surface area (Å²) in [5, 5.41) is 0. The van der Waals surface area contributed by atoms with Gasteiger partial charge in [0, 0.05) is 37.2 Å². The number of carbonyl (C=O) groups is 1. The quantitative estimate of drug-likeness (QED) is 0.569. The number of benzene rings is 1. The van der Waals surface area contributed by atoms with Crippen molar-refractivity contribution in [2.24, 2.45) is 11.7 Å². The maximum Gasteiger partial charge on any atom is 0.224 e. The van der Waals surface area contributed by atoms with Crippen LogP contribution in [0.3, 0.4) is 0 Å². The van der Waals surface area contributed by atoms with E-state index in [0.29, 0.717) is 25.5 Å². The van der Waals surface area contributed by atoms with Gasteiger partial charge in [0.25, 0.3) is 0 Å². The number of amides is 1. The molecular weight excluding hydrogens is 457 g/mol. The number of ether oxygens (including phenoxy) is 1. The Kier molecular flexibility index (Phi) is 7.35. The smallest absolute Gasteiger partial charge is 0.224 e. The van der Waals surface area contributed by atoms with E-state index < -0.39 is 33.3 Å². The molecule has 0 saturated carbocycles. The zero-order valence-electron chi connectivity index (χ0n) is 18.5. The Morgan fingerprint density at radius 1 is 1.09 bits per heavy atom. The van der Waals surface area contributed by atoms with Crippen molar-refractivity contribution < 1.29 is 31.1 Å². The molecule has 3 aliphatic rings. The Morgan fingerprint density at radius 3 is 2.39 bits per heavy atom. The molecule has 2 unspecified atom stereocenters. The van der Waals surface area contributed by atoms with E-state index in [1.54, 1.807) is 0 Å². The van der Waals surface area contributed by atoms with Crippen LogP contribution in [-0.4, -0.2) is 61.6 Å². The van der Waals surface area contributed by atoms with E-state index >= 15 is 0 Å². The van der Waals surface area contributed by atoms with E-state index in [1.807, 2.05) is 4.90 Å². The van der Waals surface area contributed by atoms with Crippen molar-refractivity contribution in [3.63, 3.8) is 0 Å². The van der Waals surface area contributed by atoms with Crippen molar-refractivity contribution in [3.05, 3.63) is 35.1 Å². The summed E-state index contributed by atoms with van der Waals surface area (Å²) in [6.45, 7) is 0.586. The van der Waals surface area contributed by atoms with Gasteiger partial charge in [0.05, 0.1) is 17.6 Å². The van der Waals surface area contributed by atoms with E-state index in [0.717, 1.165) is 31.7 Å². The van der Waals surface area contributed by atoms with Crippen LogP contribution in [0.4, 0.5) is 13.2 Å². The van der Waals surface area contributed by atoms with Gasteiger partial charge >= 0.3 is 0 Å². The number of nitrogens with zero attached hydrogens (tertiary/aromatic N) is 1. The highest BCUT2D eigenvalue weighted by Gasteiger charge is 2.44. The van der Waals surface area contributed by atoms with Crippen molar-refractivity contribution in [2.75, 3.05) is 18.1 Å². The van der Waals surface area contributed by atoms with Crippen LogP contribution in [0, 0.1) is 23.4 Å². The number of hydrogen-bond donors (Lipinski definition) is 1. The largest absolute Gasteiger partial charge is 0.377 e. The zero-order valence-corrected chi connectivity index (χ0v) is 19.3. The SMILES string of the molecule is N[C@H](Cc1cc(F)c(F)cc1F)C1C[C@H]2CC[C@@H](C1)N2C(=O)CCS(=O)(=O)CC1CCCO1. The first-order valence-corrected chi connectivity index (χ1v) is 13.5. The lowest BCUT2D eigenvalue weighted by molar-refractivity contribution is -0.136. The minimum Gasteiger partial charge on any atom is -0.377 e. The first-order chi connectivity index (χ1) is 15.6. The zero-order chi connectivity index (χ0) is 23.8. The molecule has 1 amide bonds. The van der Waals surface area contributed by atoms with Gasteiger partial charge < -0.3 is 15.4 Å². The van der Waals surface area contributed by atoms with Crippen LogP contribution in [0.5, 0.6) is 0 Å². The second-order valence-electron chi connectivity index (χ2n) is 9.64. The van der Waals surface area contributed by atoms with Gasteiger partial charge in [-0.1, -0.05) is 0 Å². The first kappa shape index (κ1) is 24.5. The van der Waals surface area contributed by atoms with Crippen molar-refractivity contribution >= 4 is 15.7 Å². The predicted octanol–water partition coefficient (Wildman–Crippen LogP) is 2.73. The van der Waals surface area contributed by atoms with Crippen LogP contribution in [0.2, 0.25) is 0 Å². The summed E-state index contributed by atoms with van der Waals surface area (Å²) in [7, 11) is -3.37. The van der Waals surface area contributed by atoms with Gasteiger partial charge in [-0.2, -0.15) is 0 Å². The number of sulfone groups is 1. The Labute approximate surface area is 192 Å². The summed E-state index contributed by atoms with van der Waals surface area (Å²) in [4.78, 5) is 14.7. The third kappa shape index (κ3) is 5.71. The monoisotopic (exact) mass is 488 g/mol. The Bertz CT molecular complexity index is 970. The molecule has 10 heteroatoms. The van der Waals surface area contributed by atoms with Crippen molar-refractivity contribution in [1.82, 2.24) is 4.90 Å². The van der Waals surface area contributed by atoms with Gasteiger partial charge in [-0.05, 0) is 62.5 Å². The van der Waals surface area contributed by atoms with Crippen LogP contribution in [0.25, 0.3) is 0 Å². The minimum absolute atomic E-state index is 0.0160. The number of nitrogens with two attached hydrogens (primary N) is 1. The number of carbonyl (C=O) groups excluding carboxylic acids is 1. The lowest BCUT2D eigenvalue weighted by Crippen LogP contribution is -2.50. The third-order valence-corrected chi connectivity index (χ3v) is 9.00. The highest BCUT2D eigenvalue weighted by atomic mass is 32.2. The number of fused-ring (bicyclic) bond motifs is 2. The molecule has 0 spiro atoms. The number of halogens is 3. The molecule has 1 aromatic rings. The fourth-order valence-electron chi connectivity index (χ4n) is 5.63. The highest BCUT2D eigenvalue weighted by Crippen LogP contribution is 2.40. The molecule has 3 saturated heterocycles. The van der Waals surface area contributed by atoms with Gasteiger partial charge in [-0.15, -0.1) is 0 Å². The molecule has 3 fully saturated rings. The number of piperidine rings is 1. The molecule has 0 aromatic heterocycles. The molecule has 2 N–H and O–H groups in total. The molecule has 0 radical (unpaired) electrons. The van der Waals surface area contributed by atoms with Crippen molar-refractivity contribution in [1.29, 1.82) is 0 Å². The second kappa shape index (κ2) is 9.92. The average molecular weight is 489 g/mol. The third-order valence-electron chi connectivity index (χ3n) is 7.30. The predicted molar refractivity (Wildman–Crippen MR) is 117 cm³/mol. The van der Waals surface area contributed by atoms with Crippen LogP contribution in [0.1, 0.15) is 50.5 Å². The van der Waals surface area contributed by atoms with Crippen molar-refractivity contribution in [3.8, 4) is 0 Å². The Morgan fingerprint density at radius 2 is 1.76 bits per heavy atom. The Balaban J connectivity index is 1.32. The van der Waals surface area contributed by atoms with E-state index in [1.165, 1.54) is 0 Å². The van der Waals surface area contributed by atoms with Crippen molar-refractivity contribution in [2.45, 2.75) is 75.6 Å². The lowest BCUT2D eigenvalue weighted by Gasteiger charge is -2.41. The molecule has 3 aliphatic heterocycles. The first-order valence-electron chi connectivity index (χ1n) is 11.6. The normalized spacial score (nSPS) is 28.3. The molecule has 3 heterocycles. The van der Waals surface area contributed by atoms with Gasteiger partial charge in [-0.3, -0.25) is 4.79 Å². The standard InChI is InChI=1S/C23H31F3N2O4S/c24-19-12-21(26)20(25)10-14(19)11-22(27)15-8-16-3-4-17(9-15)28(16)23(29)5-7-33(30,31)13-18-2-1-6-32-18/h10,12,15-18,22H,1-9,11,13,27H2/t15?,16-,17+,18?,22-/m1/s1.